The number of aromatic nitrogens is 2. The number of allylic oxidation sites excluding steroid dienone is 1. The van der Waals surface area contributed by atoms with Gasteiger partial charge in [-0.25, -0.2) is 4.98 Å². The Bertz CT molecular complexity index is 746. The van der Waals surface area contributed by atoms with Gasteiger partial charge in [0.1, 0.15) is 5.82 Å². The average molecular weight is 347 g/mol. The average Bonchev–Trinajstić information content (AvgIpc) is 2.55. The monoisotopic (exact) mass is 347 g/mol. The molecule has 6 nitrogen and oxygen atoms in total. The second-order valence-electron chi connectivity index (χ2n) is 5.00. The van der Waals surface area contributed by atoms with Gasteiger partial charge in [0, 0.05) is 11.8 Å². The van der Waals surface area contributed by atoms with Crippen LogP contribution in [0.4, 0.5) is 5.82 Å². The number of nitrogen functional groups attached to an aromatic ring is 1. The van der Waals surface area contributed by atoms with E-state index in [1.807, 2.05) is 24.3 Å². The molecule has 0 bridgehead atoms. The van der Waals surface area contributed by atoms with E-state index in [1.54, 1.807) is 7.11 Å². The Morgan fingerprint density at radius 1 is 1.38 bits per heavy atom. The van der Waals surface area contributed by atoms with Crippen LogP contribution in [0.3, 0.4) is 0 Å². The van der Waals surface area contributed by atoms with Crippen molar-refractivity contribution in [3.8, 4) is 11.5 Å². The highest BCUT2D eigenvalue weighted by Crippen LogP contribution is 2.28. The van der Waals surface area contributed by atoms with E-state index in [1.165, 1.54) is 17.8 Å². The minimum Gasteiger partial charge on any atom is -0.493 e. The van der Waals surface area contributed by atoms with Crippen LogP contribution in [-0.4, -0.2) is 29.4 Å². The lowest BCUT2D eigenvalue weighted by molar-refractivity contribution is 0.295. The number of rotatable bonds is 9. The molecule has 3 N–H and O–H groups in total. The second-order valence-corrected chi connectivity index (χ2v) is 6.09. The molecule has 1 aromatic heterocycles. The summed E-state index contributed by atoms with van der Waals surface area (Å²) in [5, 5.41) is 0.520. The predicted octanol–water partition coefficient (Wildman–Crippen LogP) is 2.65. The van der Waals surface area contributed by atoms with Gasteiger partial charge in [0.2, 0.25) is 0 Å². The summed E-state index contributed by atoms with van der Waals surface area (Å²) in [4.78, 5) is 18.0. The summed E-state index contributed by atoms with van der Waals surface area (Å²) >= 11 is 1.43. The highest BCUT2D eigenvalue weighted by Gasteiger charge is 2.06. The Morgan fingerprint density at radius 2 is 2.21 bits per heavy atom. The van der Waals surface area contributed by atoms with Crippen LogP contribution in [0.1, 0.15) is 12.0 Å². The number of hydrogen-bond acceptors (Lipinski definition) is 6. The number of H-pyrrole nitrogens is 1. The molecule has 0 atom stereocenters. The number of thioether (sulfide) groups is 1. The van der Waals surface area contributed by atoms with Crippen molar-refractivity contribution in [3.05, 3.63) is 52.8 Å². The maximum Gasteiger partial charge on any atom is 0.253 e. The smallest absolute Gasteiger partial charge is 0.253 e. The highest BCUT2D eigenvalue weighted by molar-refractivity contribution is 7.99. The van der Waals surface area contributed by atoms with E-state index in [2.05, 4.69) is 16.5 Å². The summed E-state index contributed by atoms with van der Waals surface area (Å²) < 4.78 is 11.1. The van der Waals surface area contributed by atoms with Crippen LogP contribution in [-0.2, 0) is 6.42 Å². The third kappa shape index (κ3) is 5.34. The molecule has 7 heteroatoms. The third-order valence-electron chi connectivity index (χ3n) is 3.13. The van der Waals surface area contributed by atoms with Gasteiger partial charge in [0.25, 0.3) is 5.56 Å². The van der Waals surface area contributed by atoms with Crippen LogP contribution < -0.4 is 20.8 Å². The summed E-state index contributed by atoms with van der Waals surface area (Å²) in [6, 6.07) is 7.11. The first-order valence-electron chi connectivity index (χ1n) is 7.52. The molecule has 0 radical (unpaired) electrons. The van der Waals surface area contributed by atoms with Gasteiger partial charge in [-0.3, -0.25) is 4.79 Å². The molecule has 0 amide bonds. The summed E-state index contributed by atoms with van der Waals surface area (Å²) in [5.74, 6) is 2.40. The fourth-order valence-electron chi connectivity index (χ4n) is 2.06. The molecule has 24 heavy (non-hydrogen) atoms. The van der Waals surface area contributed by atoms with Gasteiger partial charge in [-0.15, -0.1) is 6.58 Å². The van der Waals surface area contributed by atoms with Crippen molar-refractivity contribution in [2.24, 2.45) is 0 Å². The fraction of sp³-hybridized carbons (Fsp3) is 0.294. The molecule has 128 valence electrons. The molecule has 0 aliphatic rings. The number of hydrogen-bond donors (Lipinski definition) is 2. The van der Waals surface area contributed by atoms with Crippen LogP contribution in [0.2, 0.25) is 0 Å². The number of anilines is 1. The molecular formula is C17H21N3O3S. The normalized spacial score (nSPS) is 10.4. The molecule has 1 aromatic carbocycles. The van der Waals surface area contributed by atoms with Gasteiger partial charge in [0.05, 0.1) is 13.7 Å². The molecule has 0 saturated heterocycles. The number of ether oxygens (including phenoxy) is 2. The van der Waals surface area contributed by atoms with Crippen molar-refractivity contribution in [1.82, 2.24) is 9.97 Å². The molecule has 1 heterocycles. The first-order chi connectivity index (χ1) is 11.6. The molecule has 0 aliphatic carbocycles. The maximum absolute atomic E-state index is 11.3. The van der Waals surface area contributed by atoms with E-state index < -0.39 is 0 Å². The number of nitrogens with one attached hydrogen (secondary N) is 1. The molecule has 0 spiro atoms. The lowest BCUT2D eigenvalue weighted by atomic mass is 10.1. The van der Waals surface area contributed by atoms with Crippen LogP contribution in [0, 0.1) is 0 Å². The largest absolute Gasteiger partial charge is 0.493 e. The Morgan fingerprint density at radius 3 is 2.92 bits per heavy atom. The zero-order valence-corrected chi connectivity index (χ0v) is 14.4. The van der Waals surface area contributed by atoms with Crippen molar-refractivity contribution < 1.29 is 9.47 Å². The summed E-state index contributed by atoms with van der Waals surface area (Å²) in [6.45, 7) is 4.27. The van der Waals surface area contributed by atoms with Gasteiger partial charge in [-0.1, -0.05) is 23.9 Å². The Balaban J connectivity index is 1.81. The van der Waals surface area contributed by atoms with E-state index in [-0.39, 0.29) is 11.4 Å². The van der Waals surface area contributed by atoms with Crippen molar-refractivity contribution in [2.45, 2.75) is 18.0 Å². The number of methoxy groups -OCH3 is 1. The molecular weight excluding hydrogens is 326 g/mol. The minimum absolute atomic E-state index is 0.224. The van der Waals surface area contributed by atoms with E-state index in [4.69, 9.17) is 15.2 Å². The van der Waals surface area contributed by atoms with E-state index in [0.29, 0.717) is 23.3 Å². The molecule has 2 rings (SSSR count). The second kappa shape index (κ2) is 9.02. The SMILES string of the molecule is C=CCc1ccc(OCCCSc2nc(N)cc(=O)[nH]2)c(OC)c1. The number of nitrogens with two attached hydrogens (primary N) is 1. The van der Waals surface area contributed by atoms with Gasteiger partial charge in [-0.05, 0) is 30.5 Å². The van der Waals surface area contributed by atoms with E-state index >= 15 is 0 Å². The molecule has 0 aliphatic heterocycles. The van der Waals surface area contributed by atoms with Crippen LogP contribution in [0.5, 0.6) is 11.5 Å². The van der Waals surface area contributed by atoms with Crippen LogP contribution >= 0.6 is 11.8 Å². The number of nitrogens with zero attached hydrogens (tertiary/aromatic N) is 1. The topological polar surface area (TPSA) is 90.2 Å². The maximum atomic E-state index is 11.3. The summed E-state index contributed by atoms with van der Waals surface area (Å²) in [6.07, 6.45) is 3.43. The quantitative estimate of drug-likeness (QED) is 0.314. The highest BCUT2D eigenvalue weighted by atomic mass is 32.2. The van der Waals surface area contributed by atoms with Crippen molar-refractivity contribution in [3.63, 3.8) is 0 Å². The zero-order chi connectivity index (χ0) is 17.4. The molecule has 0 fully saturated rings. The summed E-state index contributed by atoms with van der Waals surface area (Å²) in [7, 11) is 1.62. The van der Waals surface area contributed by atoms with Crippen molar-refractivity contribution >= 4 is 17.6 Å². The van der Waals surface area contributed by atoms with Gasteiger partial charge < -0.3 is 20.2 Å². The van der Waals surface area contributed by atoms with Crippen molar-refractivity contribution in [1.29, 1.82) is 0 Å². The third-order valence-corrected chi connectivity index (χ3v) is 4.09. The molecule has 2 aromatic rings. The van der Waals surface area contributed by atoms with E-state index in [0.717, 1.165) is 24.2 Å². The summed E-state index contributed by atoms with van der Waals surface area (Å²) in [5.41, 5.74) is 6.42. The van der Waals surface area contributed by atoms with Gasteiger partial charge >= 0.3 is 0 Å². The van der Waals surface area contributed by atoms with Gasteiger partial charge in [0.15, 0.2) is 16.7 Å². The Kier molecular flexibility index (Phi) is 6.74. The van der Waals surface area contributed by atoms with Crippen LogP contribution in [0.25, 0.3) is 0 Å². The zero-order valence-electron chi connectivity index (χ0n) is 13.6. The standard InChI is InChI=1S/C17H21N3O3S/c1-3-5-12-6-7-13(14(10-12)22-2)23-8-4-9-24-17-19-15(18)11-16(21)20-17/h3,6-7,10-11H,1,4-5,8-9H2,2H3,(H3,18,19,20,21). The van der Waals surface area contributed by atoms with E-state index in [9.17, 15) is 4.79 Å². The number of aromatic amines is 1. The lowest BCUT2D eigenvalue weighted by Crippen LogP contribution is -2.09. The van der Waals surface area contributed by atoms with Gasteiger partial charge in [-0.2, -0.15) is 0 Å². The first-order valence-corrected chi connectivity index (χ1v) is 8.51. The fourth-order valence-corrected chi connectivity index (χ4v) is 2.85. The van der Waals surface area contributed by atoms with Crippen LogP contribution in [0.15, 0.2) is 46.9 Å². The lowest BCUT2D eigenvalue weighted by Gasteiger charge is -2.11. The Labute approximate surface area is 145 Å². The first kappa shape index (κ1) is 17.9. The Hall–Kier alpha value is -2.41. The molecule has 0 saturated carbocycles. The molecule has 0 unspecified atom stereocenters. The number of benzene rings is 1. The van der Waals surface area contributed by atoms with Crippen molar-refractivity contribution in [2.75, 3.05) is 25.2 Å². The predicted molar refractivity (Wildman–Crippen MR) is 97.0 cm³/mol. The minimum atomic E-state index is -0.245.